The molecule has 0 saturated carbocycles. The predicted molar refractivity (Wildman–Crippen MR) is 87.7 cm³/mol. The minimum absolute atomic E-state index is 0.288. The fraction of sp³-hybridized carbons (Fsp3) is 0.733. The van der Waals surface area contributed by atoms with Crippen LogP contribution in [0.4, 0.5) is 11.5 Å². The summed E-state index contributed by atoms with van der Waals surface area (Å²) in [7, 11) is 4.13. The summed E-state index contributed by atoms with van der Waals surface area (Å²) in [5.74, 6) is 1.72. The Hall–Kier alpha value is -1.56. The van der Waals surface area contributed by atoms with Gasteiger partial charge in [0.1, 0.15) is 12.0 Å². The number of hydrogen-bond acceptors (Lipinski definition) is 6. The predicted octanol–water partition coefficient (Wildman–Crippen LogP) is 2.24. The van der Waals surface area contributed by atoms with E-state index in [1.54, 1.807) is 0 Å². The number of rotatable bonds is 9. The number of nitrogens with zero attached hydrogens (tertiary/aromatic N) is 3. The van der Waals surface area contributed by atoms with Gasteiger partial charge in [-0.1, -0.05) is 20.8 Å². The molecular formula is C15H29N5O. The molecule has 1 unspecified atom stereocenters. The van der Waals surface area contributed by atoms with Crippen LogP contribution in [0.5, 0.6) is 5.88 Å². The van der Waals surface area contributed by atoms with E-state index in [1.807, 2.05) is 6.92 Å². The third-order valence-electron chi connectivity index (χ3n) is 2.97. The van der Waals surface area contributed by atoms with E-state index in [4.69, 9.17) is 10.5 Å². The van der Waals surface area contributed by atoms with Crippen molar-refractivity contribution in [2.45, 2.75) is 39.7 Å². The molecule has 0 aliphatic heterocycles. The van der Waals surface area contributed by atoms with Gasteiger partial charge in [-0.2, -0.15) is 4.98 Å². The number of nitrogens with one attached hydrogen (secondary N) is 1. The van der Waals surface area contributed by atoms with Crippen molar-refractivity contribution in [3.63, 3.8) is 0 Å². The van der Waals surface area contributed by atoms with Gasteiger partial charge in [0.2, 0.25) is 5.88 Å². The van der Waals surface area contributed by atoms with E-state index in [0.29, 0.717) is 29.9 Å². The third kappa shape index (κ3) is 6.16. The zero-order chi connectivity index (χ0) is 15.8. The molecule has 0 spiro atoms. The summed E-state index contributed by atoms with van der Waals surface area (Å²) >= 11 is 0. The second-order valence-electron chi connectivity index (χ2n) is 6.02. The van der Waals surface area contributed by atoms with Crippen LogP contribution in [0.15, 0.2) is 6.33 Å². The molecule has 0 bridgehead atoms. The highest BCUT2D eigenvalue weighted by Crippen LogP contribution is 2.26. The lowest BCUT2D eigenvalue weighted by molar-refractivity contribution is 0.306. The van der Waals surface area contributed by atoms with Crippen molar-refractivity contribution in [3.8, 4) is 5.88 Å². The van der Waals surface area contributed by atoms with Gasteiger partial charge in [-0.15, -0.1) is 0 Å². The molecule has 6 nitrogen and oxygen atoms in total. The van der Waals surface area contributed by atoms with E-state index in [2.05, 4.69) is 48.1 Å². The first-order valence-electron chi connectivity index (χ1n) is 7.58. The van der Waals surface area contributed by atoms with Crippen LogP contribution in [-0.2, 0) is 0 Å². The number of ether oxygens (including phenoxy) is 1. The second kappa shape index (κ2) is 8.67. The molecule has 0 fully saturated rings. The molecule has 6 heteroatoms. The van der Waals surface area contributed by atoms with Crippen molar-refractivity contribution >= 4 is 11.5 Å². The minimum atomic E-state index is 0.288. The first kappa shape index (κ1) is 17.5. The average molecular weight is 295 g/mol. The fourth-order valence-corrected chi connectivity index (χ4v) is 2.19. The maximum Gasteiger partial charge on any atom is 0.242 e. The highest BCUT2D eigenvalue weighted by Gasteiger charge is 2.16. The van der Waals surface area contributed by atoms with Crippen LogP contribution < -0.4 is 15.8 Å². The van der Waals surface area contributed by atoms with Gasteiger partial charge in [-0.25, -0.2) is 4.98 Å². The summed E-state index contributed by atoms with van der Waals surface area (Å²) in [4.78, 5) is 10.5. The maximum atomic E-state index is 6.11. The van der Waals surface area contributed by atoms with Gasteiger partial charge in [0.05, 0.1) is 6.61 Å². The Morgan fingerprint density at radius 1 is 1.33 bits per heavy atom. The summed E-state index contributed by atoms with van der Waals surface area (Å²) in [6.45, 7) is 8.00. The Bertz CT molecular complexity index is 413. The number of nitrogens with two attached hydrogens (primary N) is 1. The van der Waals surface area contributed by atoms with E-state index >= 15 is 0 Å². The molecule has 120 valence electrons. The molecule has 0 radical (unpaired) electrons. The lowest BCUT2D eigenvalue weighted by atomic mass is 10.0. The molecule has 1 heterocycles. The van der Waals surface area contributed by atoms with Crippen molar-refractivity contribution < 1.29 is 4.74 Å². The zero-order valence-electron chi connectivity index (χ0n) is 13.9. The number of nitrogen functional groups attached to an aromatic ring is 1. The molecule has 21 heavy (non-hydrogen) atoms. The van der Waals surface area contributed by atoms with E-state index in [-0.39, 0.29) is 6.04 Å². The molecule has 0 aromatic carbocycles. The monoisotopic (exact) mass is 295 g/mol. The smallest absolute Gasteiger partial charge is 0.242 e. The molecule has 0 amide bonds. The van der Waals surface area contributed by atoms with Crippen molar-refractivity contribution in [1.82, 2.24) is 14.9 Å². The highest BCUT2D eigenvalue weighted by molar-refractivity contribution is 5.66. The number of hydrogen-bond donors (Lipinski definition) is 2. The lowest BCUT2D eigenvalue weighted by Crippen LogP contribution is -2.34. The molecule has 3 N–H and O–H groups in total. The normalized spacial score (nSPS) is 12.7. The first-order chi connectivity index (χ1) is 9.93. The minimum Gasteiger partial charge on any atom is -0.476 e. The quantitative estimate of drug-likeness (QED) is 0.727. The fourth-order valence-electron chi connectivity index (χ4n) is 2.19. The molecular weight excluding hydrogens is 266 g/mol. The van der Waals surface area contributed by atoms with Crippen LogP contribution in [0, 0.1) is 5.92 Å². The van der Waals surface area contributed by atoms with Gasteiger partial charge in [0, 0.05) is 12.6 Å². The molecule has 0 aliphatic rings. The van der Waals surface area contributed by atoms with Crippen molar-refractivity contribution in [3.05, 3.63) is 6.33 Å². The van der Waals surface area contributed by atoms with Gasteiger partial charge in [-0.3, -0.25) is 0 Å². The van der Waals surface area contributed by atoms with E-state index in [1.165, 1.54) is 6.33 Å². The SMILES string of the molecule is CCCOc1ncnc(NC(CC(C)C)CN(C)C)c1N. The van der Waals surface area contributed by atoms with Crippen LogP contribution in [0.1, 0.15) is 33.6 Å². The topological polar surface area (TPSA) is 76.3 Å². The number of anilines is 2. The van der Waals surface area contributed by atoms with Gasteiger partial charge < -0.3 is 20.7 Å². The molecule has 0 aliphatic carbocycles. The first-order valence-corrected chi connectivity index (χ1v) is 7.58. The standard InChI is InChI=1S/C15H29N5O/c1-6-7-21-15-13(16)14(17-10-18-15)19-12(8-11(2)3)9-20(4)5/h10-12H,6-9,16H2,1-5H3,(H,17,18,19). The molecule has 0 saturated heterocycles. The molecule has 1 atom stereocenters. The van der Waals surface area contributed by atoms with E-state index in [9.17, 15) is 0 Å². The summed E-state index contributed by atoms with van der Waals surface area (Å²) < 4.78 is 5.54. The zero-order valence-corrected chi connectivity index (χ0v) is 13.9. The largest absolute Gasteiger partial charge is 0.476 e. The number of aromatic nitrogens is 2. The van der Waals surface area contributed by atoms with Crippen LogP contribution in [0.25, 0.3) is 0 Å². The van der Waals surface area contributed by atoms with Gasteiger partial charge in [0.25, 0.3) is 0 Å². The number of likely N-dealkylation sites (N-methyl/N-ethyl adjacent to an activating group) is 1. The third-order valence-corrected chi connectivity index (χ3v) is 2.97. The molecule has 1 rings (SSSR count). The van der Waals surface area contributed by atoms with Crippen LogP contribution in [0.3, 0.4) is 0 Å². The van der Waals surface area contributed by atoms with Crippen molar-refractivity contribution in [2.75, 3.05) is 38.3 Å². The van der Waals surface area contributed by atoms with Crippen LogP contribution >= 0.6 is 0 Å². The lowest BCUT2D eigenvalue weighted by Gasteiger charge is -2.25. The van der Waals surface area contributed by atoms with Gasteiger partial charge in [-0.05, 0) is 32.9 Å². The van der Waals surface area contributed by atoms with Gasteiger partial charge >= 0.3 is 0 Å². The van der Waals surface area contributed by atoms with Crippen LogP contribution in [-0.4, -0.2) is 48.2 Å². The summed E-state index contributed by atoms with van der Waals surface area (Å²) in [6.07, 6.45) is 3.46. The molecule has 1 aromatic heterocycles. The Kier molecular flexibility index (Phi) is 7.22. The van der Waals surface area contributed by atoms with E-state index in [0.717, 1.165) is 19.4 Å². The molecule has 1 aromatic rings. The van der Waals surface area contributed by atoms with Crippen molar-refractivity contribution in [2.24, 2.45) is 5.92 Å². The Morgan fingerprint density at radius 3 is 2.62 bits per heavy atom. The second-order valence-corrected chi connectivity index (χ2v) is 6.02. The van der Waals surface area contributed by atoms with Crippen molar-refractivity contribution in [1.29, 1.82) is 0 Å². The Balaban J connectivity index is 2.82. The summed E-state index contributed by atoms with van der Waals surface area (Å²) in [6, 6.07) is 0.288. The summed E-state index contributed by atoms with van der Waals surface area (Å²) in [5, 5.41) is 3.43. The maximum absolute atomic E-state index is 6.11. The summed E-state index contributed by atoms with van der Waals surface area (Å²) in [5.41, 5.74) is 6.59. The average Bonchev–Trinajstić information content (AvgIpc) is 2.38. The van der Waals surface area contributed by atoms with Crippen LogP contribution in [0.2, 0.25) is 0 Å². The van der Waals surface area contributed by atoms with Gasteiger partial charge in [0.15, 0.2) is 5.82 Å². The van der Waals surface area contributed by atoms with E-state index < -0.39 is 0 Å². The highest BCUT2D eigenvalue weighted by atomic mass is 16.5. The Labute approximate surface area is 128 Å². The Morgan fingerprint density at radius 2 is 2.05 bits per heavy atom.